The number of anilines is 1. The van der Waals surface area contributed by atoms with Crippen LogP contribution in [0.1, 0.15) is 23.6 Å². The van der Waals surface area contributed by atoms with Gasteiger partial charge in [-0.25, -0.2) is 9.69 Å². The van der Waals surface area contributed by atoms with Gasteiger partial charge in [-0.15, -0.1) is 0 Å². The number of methoxy groups -OCH3 is 1. The normalized spacial score (nSPS) is 13.8. The van der Waals surface area contributed by atoms with Gasteiger partial charge in [0.25, 0.3) is 11.6 Å². The summed E-state index contributed by atoms with van der Waals surface area (Å²) in [6, 6.07) is 15.9. The van der Waals surface area contributed by atoms with E-state index in [1.165, 1.54) is 25.3 Å². The predicted molar refractivity (Wildman–Crippen MR) is 151 cm³/mol. The quantitative estimate of drug-likeness (QED) is 0.142. The molecule has 2 N–H and O–H groups in total. The van der Waals surface area contributed by atoms with Gasteiger partial charge in [0.05, 0.1) is 12.0 Å². The maximum absolute atomic E-state index is 13.0. The number of rotatable bonds is 10. The first-order chi connectivity index (χ1) is 19.2. The molecule has 1 saturated heterocycles. The fourth-order valence-electron chi connectivity index (χ4n) is 4.01. The fourth-order valence-corrected chi connectivity index (χ4v) is 4.45. The summed E-state index contributed by atoms with van der Waals surface area (Å²) in [5, 5.41) is 16.3. The molecule has 1 fully saturated rings. The number of benzene rings is 3. The van der Waals surface area contributed by atoms with Crippen molar-refractivity contribution in [2.75, 3.05) is 19.0 Å². The topological polar surface area (TPSA) is 140 Å². The van der Waals surface area contributed by atoms with Crippen LogP contribution in [0.3, 0.4) is 0 Å². The van der Waals surface area contributed by atoms with Gasteiger partial charge in [0.15, 0.2) is 11.5 Å². The maximum atomic E-state index is 13.0. The first-order valence-electron chi connectivity index (χ1n) is 12.2. The number of carbonyl (C=O) groups excluding carboxylic acids is 3. The zero-order valence-corrected chi connectivity index (χ0v) is 23.2. The van der Waals surface area contributed by atoms with Crippen LogP contribution in [0.2, 0.25) is 0 Å². The van der Waals surface area contributed by atoms with Crippen molar-refractivity contribution in [1.29, 1.82) is 0 Å². The Balaban J connectivity index is 1.47. The second-order valence-electron chi connectivity index (χ2n) is 8.68. The van der Waals surface area contributed by atoms with Gasteiger partial charge in [-0.1, -0.05) is 53.2 Å². The summed E-state index contributed by atoms with van der Waals surface area (Å²) in [7, 11) is 1.44. The highest BCUT2D eigenvalue weighted by Gasteiger charge is 2.35. The molecule has 0 aliphatic carbocycles. The number of non-ortho nitro benzene ring substituents is 1. The smallest absolute Gasteiger partial charge is 0.329 e. The van der Waals surface area contributed by atoms with Crippen LogP contribution in [-0.4, -0.2) is 41.3 Å². The lowest BCUT2D eigenvalue weighted by Crippen LogP contribution is -2.38. The molecule has 4 rings (SSSR count). The minimum absolute atomic E-state index is 0.0141. The molecule has 0 saturated carbocycles. The van der Waals surface area contributed by atoms with Crippen LogP contribution in [0, 0.1) is 10.1 Å². The number of para-hydroxylation sites is 1. The number of hydrogen-bond acceptors (Lipinski definition) is 7. The van der Waals surface area contributed by atoms with Crippen molar-refractivity contribution in [3.05, 3.63) is 97.6 Å². The van der Waals surface area contributed by atoms with Crippen LogP contribution in [0.15, 0.2) is 70.8 Å². The summed E-state index contributed by atoms with van der Waals surface area (Å²) < 4.78 is 11.8. The number of nitrogens with one attached hydrogen (secondary N) is 2. The number of urea groups is 1. The third-order valence-corrected chi connectivity index (χ3v) is 6.72. The summed E-state index contributed by atoms with van der Waals surface area (Å²) in [6.07, 6.45) is 2.17. The van der Waals surface area contributed by atoms with Crippen LogP contribution in [0.5, 0.6) is 11.5 Å². The van der Waals surface area contributed by atoms with Crippen LogP contribution in [0.25, 0.3) is 6.08 Å². The average molecular weight is 609 g/mol. The first-order valence-corrected chi connectivity index (χ1v) is 13.0. The predicted octanol–water partition coefficient (Wildman–Crippen LogP) is 5.04. The van der Waals surface area contributed by atoms with E-state index in [1.807, 2.05) is 19.1 Å². The number of nitro groups is 1. The van der Waals surface area contributed by atoms with Gasteiger partial charge >= 0.3 is 6.03 Å². The number of nitrogens with zero attached hydrogens (tertiary/aromatic N) is 2. The zero-order valence-electron chi connectivity index (χ0n) is 21.6. The van der Waals surface area contributed by atoms with Crippen molar-refractivity contribution in [2.45, 2.75) is 20.0 Å². The SMILES string of the molecule is CCc1ccccc1NC(=O)CN1C(=O)N/C(=C/c2cc(OC)c(OCc3cccc([N+](=O)[O-])c3)cc2Br)C1=O. The zero-order chi connectivity index (χ0) is 28.8. The summed E-state index contributed by atoms with van der Waals surface area (Å²) in [5.41, 5.74) is 2.61. The van der Waals surface area contributed by atoms with Gasteiger partial charge < -0.3 is 20.1 Å². The minimum Gasteiger partial charge on any atom is -0.493 e. The Kier molecular flexibility index (Phi) is 8.80. The van der Waals surface area contributed by atoms with Crippen LogP contribution >= 0.6 is 15.9 Å². The molecular weight excluding hydrogens is 584 g/mol. The molecule has 3 aromatic rings. The standard InChI is InChI=1S/C28H25BrN4O7/c1-3-18-8-4-5-10-22(18)30-26(34)15-32-27(35)23(31-28(32)36)12-19-13-24(39-2)25(14-21(19)29)40-16-17-7-6-9-20(11-17)33(37)38/h4-14H,3,15-16H2,1-2H3,(H,30,34)(H,31,36)/b23-12+. The number of hydrogen-bond donors (Lipinski definition) is 2. The van der Waals surface area contributed by atoms with E-state index in [4.69, 9.17) is 9.47 Å². The Morgan fingerprint density at radius 2 is 1.90 bits per heavy atom. The number of halogens is 1. The molecule has 40 heavy (non-hydrogen) atoms. The summed E-state index contributed by atoms with van der Waals surface area (Å²) in [6.45, 7) is 1.57. The lowest BCUT2D eigenvalue weighted by atomic mass is 10.1. The van der Waals surface area contributed by atoms with Crippen LogP contribution < -0.4 is 20.1 Å². The number of imide groups is 1. The lowest BCUT2D eigenvalue weighted by molar-refractivity contribution is -0.384. The summed E-state index contributed by atoms with van der Waals surface area (Å²) in [4.78, 5) is 49.5. The Bertz CT molecular complexity index is 1520. The van der Waals surface area contributed by atoms with Gasteiger partial charge in [-0.2, -0.15) is 0 Å². The van der Waals surface area contributed by atoms with E-state index in [2.05, 4.69) is 26.6 Å². The molecule has 0 aromatic heterocycles. The van der Waals surface area contributed by atoms with Gasteiger partial charge in [0.2, 0.25) is 5.91 Å². The monoisotopic (exact) mass is 608 g/mol. The van der Waals surface area contributed by atoms with E-state index in [0.29, 0.717) is 39.2 Å². The third-order valence-electron chi connectivity index (χ3n) is 6.03. The van der Waals surface area contributed by atoms with Crippen molar-refractivity contribution < 1.29 is 28.8 Å². The van der Waals surface area contributed by atoms with Crippen LogP contribution in [0.4, 0.5) is 16.2 Å². The van der Waals surface area contributed by atoms with Crippen LogP contribution in [-0.2, 0) is 22.6 Å². The lowest BCUT2D eigenvalue weighted by Gasteiger charge is -2.14. The number of carbonyl (C=O) groups is 3. The van der Waals surface area contributed by atoms with Crippen molar-refractivity contribution >= 4 is 51.2 Å². The number of nitro benzene ring substituents is 1. The van der Waals surface area contributed by atoms with Gasteiger partial charge in [-0.3, -0.25) is 19.7 Å². The highest BCUT2D eigenvalue weighted by atomic mass is 79.9. The Morgan fingerprint density at radius 3 is 2.62 bits per heavy atom. The molecule has 0 atom stereocenters. The molecule has 4 amide bonds. The number of amides is 4. The van der Waals surface area contributed by atoms with E-state index in [1.54, 1.807) is 36.4 Å². The molecule has 1 aliphatic heterocycles. The summed E-state index contributed by atoms with van der Waals surface area (Å²) >= 11 is 3.44. The largest absolute Gasteiger partial charge is 0.493 e. The fraction of sp³-hybridized carbons (Fsp3) is 0.179. The molecule has 206 valence electrons. The molecule has 11 nitrogen and oxygen atoms in total. The molecule has 12 heteroatoms. The highest BCUT2D eigenvalue weighted by molar-refractivity contribution is 9.10. The van der Waals surface area contributed by atoms with Crippen molar-refractivity contribution in [2.24, 2.45) is 0 Å². The van der Waals surface area contributed by atoms with E-state index in [9.17, 15) is 24.5 Å². The number of ether oxygens (including phenoxy) is 2. The highest BCUT2D eigenvalue weighted by Crippen LogP contribution is 2.35. The minimum atomic E-state index is -0.713. The van der Waals surface area contributed by atoms with Crippen molar-refractivity contribution in [3.8, 4) is 11.5 Å². The van der Waals surface area contributed by atoms with E-state index in [-0.39, 0.29) is 18.0 Å². The van der Waals surface area contributed by atoms with Crippen molar-refractivity contribution in [1.82, 2.24) is 10.2 Å². The average Bonchev–Trinajstić information content (AvgIpc) is 3.20. The first kappa shape index (κ1) is 28.3. The molecule has 1 aliphatic rings. The molecule has 3 aromatic carbocycles. The Morgan fingerprint density at radius 1 is 1.12 bits per heavy atom. The van der Waals surface area contributed by atoms with Crippen molar-refractivity contribution in [3.63, 3.8) is 0 Å². The van der Waals surface area contributed by atoms with E-state index < -0.39 is 29.3 Å². The molecule has 0 bridgehead atoms. The van der Waals surface area contributed by atoms with E-state index in [0.717, 1.165) is 10.5 Å². The third kappa shape index (κ3) is 6.46. The van der Waals surface area contributed by atoms with Gasteiger partial charge in [0.1, 0.15) is 18.8 Å². The van der Waals surface area contributed by atoms with Gasteiger partial charge in [0, 0.05) is 22.3 Å². The molecule has 0 spiro atoms. The van der Waals surface area contributed by atoms with E-state index >= 15 is 0 Å². The second kappa shape index (κ2) is 12.4. The summed E-state index contributed by atoms with van der Waals surface area (Å²) in [5.74, 6) is -0.460. The second-order valence-corrected chi connectivity index (χ2v) is 9.53. The maximum Gasteiger partial charge on any atom is 0.329 e. The Labute approximate surface area is 238 Å². The molecule has 0 unspecified atom stereocenters. The Hall–Kier alpha value is -4.71. The molecular formula is C28H25BrN4O7. The molecule has 1 heterocycles. The number of aryl methyl sites for hydroxylation is 1. The van der Waals surface area contributed by atoms with Gasteiger partial charge in [-0.05, 0) is 47.4 Å². The molecule has 0 radical (unpaired) electrons.